The maximum absolute atomic E-state index is 13.1. The van der Waals surface area contributed by atoms with Gasteiger partial charge in [0.15, 0.2) is 0 Å². The van der Waals surface area contributed by atoms with Crippen LogP contribution in [-0.2, 0) is 20.2 Å². The molecule has 4 rings (SSSR count). The van der Waals surface area contributed by atoms with Gasteiger partial charge in [0, 0.05) is 22.5 Å². The van der Waals surface area contributed by atoms with Gasteiger partial charge >= 0.3 is 5.97 Å². The Kier molecular flexibility index (Phi) is 5.76. The summed E-state index contributed by atoms with van der Waals surface area (Å²) in [6.07, 6.45) is 1.90. The average molecular weight is 463 g/mol. The number of esters is 1. The highest BCUT2D eigenvalue weighted by molar-refractivity contribution is 7.92. The van der Waals surface area contributed by atoms with Crippen LogP contribution in [0.15, 0.2) is 77.8 Å². The lowest BCUT2D eigenvalue weighted by molar-refractivity contribution is 0.0601. The number of aryl methyl sites for hydroxylation is 1. The Bertz CT molecular complexity index is 1430. The number of hydrogen-bond acceptors (Lipinski definition) is 4. The maximum Gasteiger partial charge on any atom is 0.337 e. The summed E-state index contributed by atoms with van der Waals surface area (Å²) in [5.41, 5.74) is 3.98. The molecule has 0 unspecified atom stereocenters. The highest BCUT2D eigenvalue weighted by Gasteiger charge is 2.30. The predicted molar refractivity (Wildman–Crippen MR) is 130 cm³/mol. The summed E-state index contributed by atoms with van der Waals surface area (Å²) in [5.74, 6) is -0.409. The quantitative estimate of drug-likeness (QED) is 0.376. The van der Waals surface area contributed by atoms with E-state index in [-0.39, 0.29) is 4.90 Å². The molecule has 0 radical (unpaired) electrons. The number of carbonyl (C=O) groups is 1. The summed E-state index contributed by atoms with van der Waals surface area (Å²) in [4.78, 5) is 15.5. The molecule has 1 heterocycles. The molecule has 7 heteroatoms. The number of sulfonamides is 1. The van der Waals surface area contributed by atoms with Crippen LogP contribution < -0.4 is 4.72 Å². The highest BCUT2D eigenvalue weighted by Crippen LogP contribution is 2.40. The molecular formula is C26H26N2O4S. The Balaban J connectivity index is 1.79. The van der Waals surface area contributed by atoms with Gasteiger partial charge in [-0.3, -0.25) is 4.72 Å². The van der Waals surface area contributed by atoms with E-state index in [4.69, 9.17) is 4.74 Å². The van der Waals surface area contributed by atoms with E-state index in [1.54, 1.807) is 48.5 Å². The van der Waals surface area contributed by atoms with Crippen LogP contribution in [0.3, 0.4) is 0 Å². The van der Waals surface area contributed by atoms with Crippen molar-refractivity contribution in [3.05, 3.63) is 95.2 Å². The highest BCUT2D eigenvalue weighted by atomic mass is 32.2. The van der Waals surface area contributed by atoms with Crippen LogP contribution in [0.5, 0.6) is 0 Å². The number of carbonyl (C=O) groups excluding carboxylic acids is 1. The van der Waals surface area contributed by atoms with Gasteiger partial charge in [0.05, 0.1) is 23.3 Å². The van der Waals surface area contributed by atoms with Crippen LogP contribution in [0.4, 0.5) is 5.69 Å². The van der Waals surface area contributed by atoms with E-state index in [1.807, 2.05) is 45.2 Å². The van der Waals surface area contributed by atoms with Crippen molar-refractivity contribution in [2.75, 3.05) is 11.8 Å². The van der Waals surface area contributed by atoms with Gasteiger partial charge in [-0.05, 0) is 54.4 Å². The largest absolute Gasteiger partial charge is 0.465 e. The molecule has 0 aliphatic carbocycles. The number of anilines is 1. The first-order valence-electron chi connectivity index (χ1n) is 10.5. The molecule has 0 aliphatic rings. The number of aromatic amines is 1. The summed E-state index contributed by atoms with van der Waals surface area (Å²) in [5, 5.41) is 0.874. The Hall–Kier alpha value is -3.58. The van der Waals surface area contributed by atoms with Crippen molar-refractivity contribution in [1.29, 1.82) is 0 Å². The molecule has 0 atom stereocenters. The number of fused-ring (bicyclic) bond motifs is 1. The average Bonchev–Trinajstić information content (AvgIpc) is 3.23. The predicted octanol–water partition coefficient (Wildman–Crippen LogP) is 5.39. The smallest absolute Gasteiger partial charge is 0.337 e. The lowest BCUT2D eigenvalue weighted by atomic mass is 9.77. The summed E-state index contributed by atoms with van der Waals surface area (Å²) in [6, 6.07) is 19.5. The van der Waals surface area contributed by atoms with E-state index >= 15 is 0 Å². The Labute approximate surface area is 193 Å². The van der Waals surface area contributed by atoms with Crippen molar-refractivity contribution in [2.24, 2.45) is 0 Å². The minimum absolute atomic E-state index is 0.204. The van der Waals surface area contributed by atoms with Crippen LogP contribution in [0.2, 0.25) is 0 Å². The van der Waals surface area contributed by atoms with E-state index in [9.17, 15) is 13.2 Å². The van der Waals surface area contributed by atoms with Gasteiger partial charge in [0.2, 0.25) is 0 Å². The van der Waals surface area contributed by atoms with Gasteiger partial charge in [-0.25, -0.2) is 13.2 Å². The number of aromatic nitrogens is 1. The number of ether oxygens (including phenoxy) is 1. The fourth-order valence-corrected chi connectivity index (χ4v) is 5.15. The number of para-hydroxylation sites is 1. The van der Waals surface area contributed by atoms with Gasteiger partial charge in [-0.2, -0.15) is 0 Å². The second kappa shape index (κ2) is 8.41. The number of H-pyrrole nitrogens is 1. The van der Waals surface area contributed by atoms with Gasteiger partial charge < -0.3 is 9.72 Å². The molecule has 0 bridgehead atoms. The molecule has 6 nitrogen and oxygen atoms in total. The van der Waals surface area contributed by atoms with Gasteiger partial charge in [-0.1, -0.05) is 49.7 Å². The number of nitrogens with one attached hydrogen (secondary N) is 2. The monoisotopic (exact) mass is 462 g/mol. The number of rotatable bonds is 6. The molecule has 0 saturated heterocycles. The van der Waals surface area contributed by atoms with Crippen molar-refractivity contribution in [1.82, 2.24) is 4.98 Å². The topological polar surface area (TPSA) is 88.3 Å². The van der Waals surface area contributed by atoms with Crippen molar-refractivity contribution in [2.45, 2.75) is 31.1 Å². The van der Waals surface area contributed by atoms with Crippen molar-refractivity contribution in [3.8, 4) is 0 Å². The Morgan fingerprint density at radius 3 is 2.36 bits per heavy atom. The molecular weight excluding hydrogens is 436 g/mol. The molecule has 3 aromatic carbocycles. The molecule has 4 aromatic rings. The zero-order valence-electron chi connectivity index (χ0n) is 19.0. The second-order valence-electron chi connectivity index (χ2n) is 8.54. The van der Waals surface area contributed by atoms with Crippen molar-refractivity contribution >= 4 is 32.6 Å². The maximum atomic E-state index is 13.1. The minimum atomic E-state index is -3.76. The first-order chi connectivity index (χ1) is 15.6. The third-order valence-electron chi connectivity index (χ3n) is 5.95. The zero-order chi connectivity index (χ0) is 23.8. The van der Waals surface area contributed by atoms with E-state index in [2.05, 4.69) is 9.71 Å². The van der Waals surface area contributed by atoms with Gasteiger partial charge in [-0.15, -0.1) is 0 Å². The third-order valence-corrected chi connectivity index (χ3v) is 7.33. The Morgan fingerprint density at radius 2 is 1.67 bits per heavy atom. The molecule has 0 amide bonds. The van der Waals surface area contributed by atoms with Crippen LogP contribution in [0.25, 0.3) is 10.9 Å². The molecule has 0 aliphatic heterocycles. The lowest BCUT2D eigenvalue weighted by Crippen LogP contribution is -2.22. The summed E-state index contributed by atoms with van der Waals surface area (Å²) < 4.78 is 33.8. The molecule has 0 saturated carbocycles. The Morgan fingerprint density at radius 1 is 0.970 bits per heavy atom. The van der Waals surface area contributed by atoms with Crippen LogP contribution >= 0.6 is 0 Å². The fraction of sp³-hybridized carbons (Fsp3) is 0.192. The standard InChI is InChI=1S/C26H26N2O4S/c1-17-9-12-19(13-10-17)33(30,31)28-24-8-6-5-7-21(24)26(2,3)22-16-27-23-14-11-18(15-20(22)23)25(29)32-4/h5-16,27-28H,1-4H3. The van der Waals surface area contributed by atoms with E-state index in [1.165, 1.54) is 7.11 Å². The molecule has 170 valence electrons. The van der Waals surface area contributed by atoms with Crippen LogP contribution in [-0.4, -0.2) is 26.5 Å². The SMILES string of the molecule is COC(=O)c1ccc2[nH]cc(C(C)(C)c3ccccc3NS(=O)(=O)c3ccc(C)cc3)c2c1. The number of methoxy groups -OCH3 is 1. The molecule has 0 spiro atoms. The zero-order valence-corrected chi connectivity index (χ0v) is 19.8. The number of benzene rings is 3. The first kappa shape index (κ1) is 22.6. The molecule has 33 heavy (non-hydrogen) atoms. The molecule has 0 fully saturated rings. The van der Waals surface area contributed by atoms with E-state index < -0.39 is 21.4 Å². The summed E-state index contributed by atoms with van der Waals surface area (Å²) in [6.45, 7) is 5.97. The normalized spacial score (nSPS) is 12.0. The van der Waals surface area contributed by atoms with Crippen LogP contribution in [0, 0.1) is 6.92 Å². The minimum Gasteiger partial charge on any atom is -0.465 e. The number of hydrogen-bond donors (Lipinski definition) is 2. The lowest BCUT2D eigenvalue weighted by Gasteiger charge is -2.28. The van der Waals surface area contributed by atoms with Crippen LogP contribution in [0.1, 0.15) is 40.9 Å². The first-order valence-corrected chi connectivity index (χ1v) is 12.0. The van der Waals surface area contributed by atoms with Gasteiger partial charge in [0.1, 0.15) is 0 Å². The molecule has 1 aromatic heterocycles. The van der Waals surface area contributed by atoms with Crippen molar-refractivity contribution < 1.29 is 17.9 Å². The van der Waals surface area contributed by atoms with E-state index in [0.29, 0.717) is 11.3 Å². The van der Waals surface area contributed by atoms with Crippen molar-refractivity contribution in [3.63, 3.8) is 0 Å². The van der Waals surface area contributed by atoms with Gasteiger partial charge in [0.25, 0.3) is 10.0 Å². The third kappa shape index (κ3) is 4.24. The molecule has 2 N–H and O–H groups in total. The fourth-order valence-electron chi connectivity index (χ4n) is 4.07. The second-order valence-corrected chi connectivity index (χ2v) is 10.2. The summed E-state index contributed by atoms with van der Waals surface area (Å²) in [7, 11) is -2.41. The summed E-state index contributed by atoms with van der Waals surface area (Å²) >= 11 is 0. The van der Waals surface area contributed by atoms with E-state index in [0.717, 1.165) is 27.6 Å².